The van der Waals surface area contributed by atoms with Gasteiger partial charge in [-0.25, -0.2) is 8.78 Å². The second kappa shape index (κ2) is 4.74. The fourth-order valence-corrected chi connectivity index (χ4v) is 2.42. The van der Waals surface area contributed by atoms with Crippen LogP contribution < -0.4 is 0 Å². The highest BCUT2D eigenvalue weighted by Gasteiger charge is 2.28. The zero-order valence-electron chi connectivity index (χ0n) is 10.3. The van der Waals surface area contributed by atoms with Crippen molar-refractivity contribution in [1.82, 2.24) is 0 Å². The number of hydrogen-bond acceptors (Lipinski definition) is 1. The second-order valence-corrected chi connectivity index (χ2v) is 4.97. The molecule has 0 bridgehead atoms. The van der Waals surface area contributed by atoms with E-state index in [1.54, 1.807) is 6.07 Å². The van der Waals surface area contributed by atoms with Gasteiger partial charge in [0.05, 0.1) is 0 Å². The van der Waals surface area contributed by atoms with Gasteiger partial charge < -0.3 is 5.11 Å². The molecule has 0 spiro atoms. The lowest BCUT2D eigenvalue weighted by molar-refractivity contribution is 0.213. The van der Waals surface area contributed by atoms with E-state index in [1.165, 1.54) is 0 Å². The van der Waals surface area contributed by atoms with Gasteiger partial charge in [0, 0.05) is 5.56 Å². The van der Waals surface area contributed by atoms with E-state index in [1.807, 2.05) is 18.2 Å². The first-order valence-corrected chi connectivity index (χ1v) is 6.38. The highest BCUT2D eigenvalue weighted by molar-refractivity contribution is 5.40. The molecular weight excluding hydrogens is 246 g/mol. The van der Waals surface area contributed by atoms with Crippen molar-refractivity contribution in [2.75, 3.05) is 0 Å². The molecule has 0 saturated heterocycles. The molecule has 1 unspecified atom stereocenters. The molecule has 1 aliphatic carbocycles. The van der Waals surface area contributed by atoms with Crippen molar-refractivity contribution < 1.29 is 13.9 Å². The van der Waals surface area contributed by atoms with Crippen LogP contribution in [-0.4, -0.2) is 5.11 Å². The summed E-state index contributed by atoms with van der Waals surface area (Å²) in [5, 5.41) is 10.3. The Morgan fingerprint density at radius 3 is 2.47 bits per heavy atom. The van der Waals surface area contributed by atoms with Gasteiger partial charge in [-0.15, -0.1) is 0 Å². The first-order valence-electron chi connectivity index (χ1n) is 6.38. The quantitative estimate of drug-likeness (QED) is 0.886. The molecule has 0 radical (unpaired) electrons. The summed E-state index contributed by atoms with van der Waals surface area (Å²) in [4.78, 5) is 0. The lowest BCUT2D eigenvalue weighted by atomic mass is 9.94. The second-order valence-electron chi connectivity index (χ2n) is 4.97. The van der Waals surface area contributed by atoms with E-state index in [0.29, 0.717) is 11.5 Å². The van der Waals surface area contributed by atoms with Crippen LogP contribution in [0.3, 0.4) is 0 Å². The van der Waals surface area contributed by atoms with Crippen LogP contribution >= 0.6 is 0 Å². The van der Waals surface area contributed by atoms with Gasteiger partial charge in [-0.1, -0.05) is 24.3 Å². The molecule has 1 fully saturated rings. The zero-order chi connectivity index (χ0) is 13.4. The topological polar surface area (TPSA) is 20.2 Å². The van der Waals surface area contributed by atoms with Crippen molar-refractivity contribution in [3.05, 3.63) is 70.8 Å². The largest absolute Gasteiger partial charge is 0.384 e. The van der Waals surface area contributed by atoms with Crippen LogP contribution in [0.4, 0.5) is 8.78 Å². The summed E-state index contributed by atoms with van der Waals surface area (Å²) in [6, 6.07) is 10.6. The van der Waals surface area contributed by atoms with E-state index in [0.717, 1.165) is 36.6 Å². The molecule has 1 N–H and O–H groups in total. The number of aliphatic hydroxyl groups is 1. The van der Waals surface area contributed by atoms with Crippen LogP contribution in [0.5, 0.6) is 0 Å². The molecule has 3 rings (SSSR count). The van der Waals surface area contributed by atoms with Crippen molar-refractivity contribution in [2.24, 2.45) is 0 Å². The van der Waals surface area contributed by atoms with Crippen LogP contribution in [0.25, 0.3) is 0 Å². The molecule has 0 heterocycles. The smallest absolute Gasteiger partial charge is 0.129 e. The maximum Gasteiger partial charge on any atom is 0.129 e. The average Bonchev–Trinajstić information content (AvgIpc) is 3.25. The van der Waals surface area contributed by atoms with E-state index in [2.05, 4.69) is 0 Å². The highest BCUT2D eigenvalue weighted by Crippen LogP contribution is 2.43. The van der Waals surface area contributed by atoms with Crippen molar-refractivity contribution in [1.29, 1.82) is 0 Å². The van der Waals surface area contributed by atoms with E-state index >= 15 is 0 Å². The Bertz CT molecular complexity index is 605. The number of benzene rings is 2. The lowest BCUT2D eigenvalue weighted by Gasteiger charge is -2.16. The molecule has 19 heavy (non-hydrogen) atoms. The van der Waals surface area contributed by atoms with E-state index < -0.39 is 17.7 Å². The Hall–Kier alpha value is -1.74. The third kappa shape index (κ3) is 2.38. The molecular formula is C16H14F2O. The van der Waals surface area contributed by atoms with Crippen LogP contribution in [0.1, 0.15) is 41.6 Å². The number of aliphatic hydroxyl groups excluding tert-OH is 1. The number of rotatable bonds is 3. The summed E-state index contributed by atoms with van der Waals surface area (Å²) in [6.07, 6.45) is 1.07. The SMILES string of the molecule is OC(c1cc(F)ccc1F)c1ccccc1C1CC1. The average molecular weight is 260 g/mol. The fraction of sp³-hybridized carbons (Fsp3) is 0.250. The van der Waals surface area contributed by atoms with Crippen molar-refractivity contribution in [3.8, 4) is 0 Å². The molecule has 0 aromatic heterocycles. The molecule has 2 aromatic carbocycles. The molecule has 1 aliphatic rings. The summed E-state index contributed by atoms with van der Waals surface area (Å²) in [6.45, 7) is 0. The van der Waals surface area contributed by atoms with Gasteiger partial charge in [0.2, 0.25) is 0 Å². The van der Waals surface area contributed by atoms with Gasteiger partial charge in [0.25, 0.3) is 0 Å². The van der Waals surface area contributed by atoms with E-state index in [-0.39, 0.29) is 5.56 Å². The standard InChI is InChI=1S/C16H14F2O/c17-11-7-8-15(18)14(9-11)16(19)13-4-2-1-3-12(13)10-5-6-10/h1-4,7-10,16,19H,5-6H2. The van der Waals surface area contributed by atoms with E-state index in [4.69, 9.17) is 0 Å². The number of hydrogen-bond donors (Lipinski definition) is 1. The van der Waals surface area contributed by atoms with Gasteiger partial charge in [0.15, 0.2) is 0 Å². The monoisotopic (exact) mass is 260 g/mol. The summed E-state index contributed by atoms with van der Waals surface area (Å²) >= 11 is 0. The normalized spacial score (nSPS) is 16.4. The molecule has 98 valence electrons. The molecule has 0 amide bonds. The van der Waals surface area contributed by atoms with Crippen LogP contribution in [-0.2, 0) is 0 Å². The van der Waals surface area contributed by atoms with Crippen LogP contribution in [0.2, 0.25) is 0 Å². The lowest BCUT2D eigenvalue weighted by Crippen LogP contribution is -2.06. The van der Waals surface area contributed by atoms with Crippen molar-refractivity contribution in [2.45, 2.75) is 24.9 Å². The Balaban J connectivity index is 2.04. The summed E-state index contributed by atoms with van der Waals surface area (Å²) < 4.78 is 26.9. The molecule has 1 atom stereocenters. The first-order chi connectivity index (χ1) is 9.16. The molecule has 1 saturated carbocycles. The van der Waals surface area contributed by atoms with E-state index in [9.17, 15) is 13.9 Å². The molecule has 0 aliphatic heterocycles. The summed E-state index contributed by atoms with van der Waals surface area (Å²) in [5.41, 5.74) is 1.71. The van der Waals surface area contributed by atoms with Gasteiger partial charge in [-0.05, 0) is 48.1 Å². The van der Waals surface area contributed by atoms with Crippen LogP contribution in [0.15, 0.2) is 42.5 Å². The maximum absolute atomic E-state index is 13.7. The van der Waals surface area contributed by atoms with Gasteiger partial charge >= 0.3 is 0 Å². The minimum atomic E-state index is -1.12. The predicted molar refractivity (Wildman–Crippen MR) is 68.8 cm³/mol. The predicted octanol–water partition coefficient (Wildman–Crippen LogP) is 3.92. The highest BCUT2D eigenvalue weighted by atomic mass is 19.1. The van der Waals surface area contributed by atoms with Gasteiger partial charge in [0.1, 0.15) is 17.7 Å². The molecule has 1 nitrogen and oxygen atoms in total. The van der Waals surface area contributed by atoms with Crippen molar-refractivity contribution in [3.63, 3.8) is 0 Å². The first kappa shape index (κ1) is 12.3. The third-order valence-corrected chi connectivity index (χ3v) is 3.56. The molecule has 3 heteroatoms. The van der Waals surface area contributed by atoms with Crippen molar-refractivity contribution >= 4 is 0 Å². The minimum absolute atomic E-state index is 0.00639. The maximum atomic E-state index is 13.7. The zero-order valence-corrected chi connectivity index (χ0v) is 10.3. The van der Waals surface area contributed by atoms with Crippen LogP contribution in [0, 0.1) is 11.6 Å². The minimum Gasteiger partial charge on any atom is -0.384 e. The Labute approximate surface area is 110 Å². The van der Waals surface area contributed by atoms with Gasteiger partial charge in [-0.2, -0.15) is 0 Å². The Morgan fingerprint density at radius 1 is 1.00 bits per heavy atom. The Morgan fingerprint density at radius 2 is 1.74 bits per heavy atom. The third-order valence-electron chi connectivity index (χ3n) is 3.56. The fourth-order valence-electron chi connectivity index (χ4n) is 2.42. The number of halogens is 2. The molecule has 2 aromatic rings. The Kier molecular flexibility index (Phi) is 3.07. The summed E-state index contributed by atoms with van der Waals surface area (Å²) in [5.74, 6) is -0.679. The summed E-state index contributed by atoms with van der Waals surface area (Å²) in [7, 11) is 0. The van der Waals surface area contributed by atoms with Gasteiger partial charge in [-0.3, -0.25) is 0 Å².